The number of halogens is 2. The number of amides is 1. The fourth-order valence-electron chi connectivity index (χ4n) is 1.77. The Balaban J connectivity index is 2.07. The third-order valence-corrected chi connectivity index (χ3v) is 4.30. The Bertz CT molecular complexity index is 739. The average Bonchev–Trinajstić information content (AvgIpc) is 2.52. The van der Waals surface area contributed by atoms with Crippen LogP contribution in [0.2, 0.25) is 5.02 Å². The summed E-state index contributed by atoms with van der Waals surface area (Å²) in [6.45, 7) is -0.0766. The zero-order valence-corrected chi connectivity index (χ0v) is 13.5. The summed E-state index contributed by atoms with van der Waals surface area (Å²) in [5, 5.41) is 0.189. The molecule has 0 aromatic heterocycles. The molecular weight excluding hydrogens is 341 g/mol. The van der Waals surface area contributed by atoms with Crippen molar-refractivity contribution in [2.45, 2.75) is 11.5 Å². The maximum atomic E-state index is 13.0. The molecule has 0 bridgehead atoms. The summed E-state index contributed by atoms with van der Waals surface area (Å²) < 4.78 is 18.2. The van der Waals surface area contributed by atoms with E-state index in [2.05, 4.69) is 0 Å². The van der Waals surface area contributed by atoms with E-state index in [-0.39, 0.29) is 17.4 Å². The van der Waals surface area contributed by atoms with Crippen LogP contribution in [0.15, 0.2) is 47.4 Å². The average molecular weight is 354 g/mol. The molecule has 4 nitrogen and oxygen atoms in total. The molecule has 0 saturated carbocycles. The molecule has 120 valence electrons. The third-order valence-electron chi connectivity index (χ3n) is 2.85. The molecule has 2 rings (SSSR count). The number of thioether (sulfide) groups is 1. The van der Waals surface area contributed by atoms with Crippen LogP contribution in [-0.4, -0.2) is 17.6 Å². The van der Waals surface area contributed by atoms with Crippen molar-refractivity contribution in [2.24, 2.45) is 5.73 Å². The SMILES string of the molecule is NC(=O)CSc1ccccc1C(=O)OCc1ccc(F)cc1Cl. The van der Waals surface area contributed by atoms with Crippen LogP contribution < -0.4 is 5.73 Å². The van der Waals surface area contributed by atoms with Gasteiger partial charge in [0.1, 0.15) is 12.4 Å². The van der Waals surface area contributed by atoms with E-state index in [9.17, 15) is 14.0 Å². The minimum Gasteiger partial charge on any atom is -0.457 e. The van der Waals surface area contributed by atoms with Crippen LogP contribution >= 0.6 is 23.4 Å². The number of nitrogens with two attached hydrogens (primary N) is 1. The molecule has 0 radical (unpaired) electrons. The first kappa shape index (κ1) is 17.3. The molecule has 0 aliphatic rings. The number of ether oxygens (including phenoxy) is 1. The molecule has 0 fully saturated rings. The zero-order chi connectivity index (χ0) is 16.8. The van der Waals surface area contributed by atoms with Crippen molar-refractivity contribution >= 4 is 35.2 Å². The number of carbonyl (C=O) groups is 2. The smallest absolute Gasteiger partial charge is 0.339 e. The number of rotatable bonds is 6. The first-order valence-corrected chi connectivity index (χ1v) is 7.95. The fourth-order valence-corrected chi connectivity index (χ4v) is 2.77. The molecule has 2 aromatic rings. The Labute approximate surface area is 141 Å². The number of hydrogen-bond donors (Lipinski definition) is 1. The van der Waals surface area contributed by atoms with Gasteiger partial charge in [-0.15, -0.1) is 11.8 Å². The third kappa shape index (κ3) is 4.97. The van der Waals surface area contributed by atoms with E-state index >= 15 is 0 Å². The van der Waals surface area contributed by atoms with Crippen molar-refractivity contribution < 1.29 is 18.7 Å². The predicted octanol–water partition coefficient (Wildman–Crippen LogP) is 3.41. The quantitative estimate of drug-likeness (QED) is 0.638. The van der Waals surface area contributed by atoms with E-state index in [4.69, 9.17) is 22.1 Å². The van der Waals surface area contributed by atoms with Gasteiger partial charge in [-0.3, -0.25) is 4.79 Å². The summed E-state index contributed by atoms with van der Waals surface area (Å²) in [6.07, 6.45) is 0. The molecule has 0 heterocycles. The standard InChI is InChI=1S/C16H13ClFNO3S/c17-13-7-11(18)6-5-10(13)8-22-16(21)12-3-1-2-4-14(12)23-9-15(19)20/h1-7H,8-9H2,(H2,19,20). The molecule has 0 aliphatic carbocycles. The van der Waals surface area contributed by atoms with Crippen molar-refractivity contribution in [2.75, 3.05) is 5.75 Å². The van der Waals surface area contributed by atoms with E-state index in [1.165, 1.54) is 12.1 Å². The van der Waals surface area contributed by atoms with Crippen molar-refractivity contribution in [1.29, 1.82) is 0 Å². The number of carbonyl (C=O) groups excluding carboxylic acids is 2. The van der Waals surface area contributed by atoms with Gasteiger partial charge in [-0.25, -0.2) is 9.18 Å². The topological polar surface area (TPSA) is 69.4 Å². The largest absolute Gasteiger partial charge is 0.457 e. The molecule has 7 heteroatoms. The van der Waals surface area contributed by atoms with Crippen LogP contribution in [0.25, 0.3) is 0 Å². The molecular formula is C16H13ClFNO3S. The first-order valence-electron chi connectivity index (χ1n) is 6.58. The maximum absolute atomic E-state index is 13.0. The lowest BCUT2D eigenvalue weighted by atomic mass is 10.2. The zero-order valence-electron chi connectivity index (χ0n) is 11.9. The van der Waals surface area contributed by atoms with Crippen molar-refractivity contribution in [3.8, 4) is 0 Å². The monoisotopic (exact) mass is 353 g/mol. The van der Waals surface area contributed by atoms with Crippen LogP contribution in [-0.2, 0) is 16.1 Å². The van der Waals surface area contributed by atoms with Crippen LogP contribution in [0.3, 0.4) is 0 Å². The van der Waals surface area contributed by atoms with Gasteiger partial charge in [0.15, 0.2) is 0 Å². The van der Waals surface area contributed by atoms with Crippen molar-refractivity contribution in [1.82, 2.24) is 0 Å². The molecule has 23 heavy (non-hydrogen) atoms. The normalized spacial score (nSPS) is 10.3. The summed E-state index contributed by atoms with van der Waals surface area (Å²) >= 11 is 7.05. The van der Waals surface area contributed by atoms with E-state index in [0.717, 1.165) is 17.8 Å². The first-order chi connectivity index (χ1) is 11.0. The Morgan fingerprint density at radius 3 is 2.65 bits per heavy atom. The molecule has 2 N–H and O–H groups in total. The van der Waals surface area contributed by atoms with Crippen LogP contribution in [0.4, 0.5) is 4.39 Å². The van der Waals surface area contributed by atoms with Crippen LogP contribution in [0.5, 0.6) is 0 Å². The number of esters is 1. The van der Waals surface area contributed by atoms with Gasteiger partial charge in [-0.2, -0.15) is 0 Å². The van der Waals surface area contributed by atoms with Gasteiger partial charge < -0.3 is 10.5 Å². The van der Waals surface area contributed by atoms with E-state index in [1.54, 1.807) is 24.3 Å². The molecule has 0 unspecified atom stereocenters. The minimum absolute atomic E-state index is 0.0636. The van der Waals surface area contributed by atoms with Crippen molar-refractivity contribution in [3.05, 3.63) is 64.4 Å². The molecule has 0 aliphatic heterocycles. The fraction of sp³-hybridized carbons (Fsp3) is 0.125. The lowest BCUT2D eigenvalue weighted by Gasteiger charge is -2.09. The Morgan fingerprint density at radius 1 is 1.22 bits per heavy atom. The van der Waals surface area contributed by atoms with Gasteiger partial charge in [-0.05, 0) is 24.3 Å². The highest BCUT2D eigenvalue weighted by molar-refractivity contribution is 8.00. The molecule has 1 amide bonds. The maximum Gasteiger partial charge on any atom is 0.339 e. The summed E-state index contributed by atoms with van der Waals surface area (Å²) in [7, 11) is 0. The summed E-state index contributed by atoms with van der Waals surface area (Å²) in [5.41, 5.74) is 5.94. The second-order valence-electron chi connectivity index (χ2n) is 4.56. The van der Waals surface area contributed by atoms with Gasteiger partial charge in [-0.1, -0.05) is 29.8 Å². The number of benzene rings is 2. The van der Waals surface area contributed by atoms with Gasteiger partial charge in [0, 0.05) is 10.5 Å². The van der Waals surface area contributed by atoms with Gasteiger partial charge in [0.05, 0.1) is 16.3 Å². The molecule has 2 aromatic carbocycles. The van der Waals surface area contributed by atoms with Crippen molar-refractivity contribution in [3.63, 3.8) is 0 Å². The van der Waals surface area contributed by atoms with E-state index in [1.807, 2.05) is 0 Å². The lowest BCUT2D eigenvalue weighted by molar-refractivity contribution is -0.115. The summed E-state index contributed by atoms with van der Waals surface area (Å²) in [6, 6.07) is 10.6. The second kappa shape index (κ2) is 7.99. The summed E-state index contributed by atoms with van der Waals surface area (Å²) in [5.74, 6) is -1.43. The Morgan fingerprint density at radius 2 is 1.96 bits per heavy atom. The number of hydrogen-bond acceptors (Lipinski definition) is 4. The predicted molar refractivity (Wildman–Crippen MR) is 86.9 cm³/mol. The van der Waals surface area contributed by atoms with Crippen LogP contribution in [0, 0.1) is 5.82 Å². The lowest BCUT2D eigenvalue weighted by Crippen LogP contribution is -2.14. The van der Waals surface area contributed by atoms with Gasteiger partial charge >= 0.3 is 5.97 Å². The minimum atomic E-state index is -0.557. The summed E-state index contributed by atoms with van der Waals surface area (Å²) in [4.78, 5) is 23.7. The van der Waals surface area contributed by atoms with Gasteiger partial charge in [0.2, 0.25) is 5.91 Å². The van der Waals surface area contributed by atoms with E-state index in [0.29, 0.717) is 16.0 Å². The van der Waals surface area contributed by atoms with E-state index < -0.39 is 17.7 Å². The Kier molecular flexibility index (Phi) is 6.01. The highest BCUT2D eigenvalue weighted by atomic mass is 35.5. The van der Waals surface area contributed by atoms with Gasteiger partial charge in [0.25, 0.3) is 0 Å². The molecule has 0 saturated heterocycles. The Hall–Kier alpha value is -2.05. The highest BCUT2D eigenvalue weighted by Crippen LogP contribution is 2.24. The second-order valence-corrected chi connectivity index (χ2v) is 5.99. The molecule has 0 spiro atoms. The number of primary amides is 1. The van der Waals surface area contributed by atoms with Crippen LogP contribution in [0.1, 0.15) is 15.9 Å². The molecule has 0 atom stereocenters. The highest BCUT2D eigenvalue weighted by Gasteiger charge is 2.14.